The zero-order valence-corrected chi connectivity index (χ0v) is 19.1. The molecule has 4 rings (SSSR count). The third-order valence-electron chi connectivity index (χ3n) is 5.62. The molecule has 8 nitrogen and oxygen atoms in total. The van der Waals surface area contributed by atoms with Crippen molar-refractivity contribution < 1.29 is 9.59 Å². The topological polar surface area (TPSA) is 92.2 Å². The second kappa shape index (κ2) is 9.08. The van der Waals surface area contributed by atoms with Crippen LogP contribution >= 0.6 is 0 Å². The van der Waals surface area contributed by atoms with Crippen LogP contribution in [0.2, 0.25) is 0 Å². The second-order valence-electron chi connectivity index (χ2n) is 8.88. The Morgan fingerprint density at radius 1 is 1.22 bits per heavy atom. The van der Waals surface area contributed by atoms with Gasteiger partial charge in [0.15, 0.2) is 5.65 Å². The van der Waals surface area contributed by atoms with E-state index in [1.165, 1.54) is 0 Å². The molecule has 2 N–H and O–H groups in total. The lowest BCUT2D eigenvalue weighted by Crippen LogP contribution is -2.47. The van der Waals surface area contributed by atoms with Crippen molar-refractivity contribution in [1.82, 2.24) is 25.0 Å². The number of carbonyl (C=O) groups is 2. The van der Waals surface area contributed by atoms with Crippen LogP contribution < -0.4 is 10.6 Å². The number of rotatable bonds is 6. The molecule has 0 bridgehead atoms. The molecule has 1 saturated heterocycles. The van der Waals surface area contributed by atoms with Crippen molar-refractivity contribution in [2.75, 3.05) is 25.0 Å². The molecular weight excluding hydrogens is 404 g/mol. The van der Waals surface area contributed by atoms with Gasteiger partial charge in [0, 0.05) is 37.1 Å². The van der Waals surface area contributed by atoms with Crippen molar-refractivity contribution in [3.8, 4) is 0 Å². The minimum Gasteiger partial charge on any atom is -0.354 e. The number of aromatic nitrogens is 3. The average molecular weight is 435 g/mol. The first-order chi connectivity index (χ1) is 15.3. The van der Waals surface area contributed by atoms with Gasteiger partial charge < -0.3 is 10.6 Å². The summed E-state index contributed by atoms with van der Waals surface area (Å²) < 4.78 is 1.85. The Morgan fingerprint density at radius 2 is 2.03 bits per heavy atom. The van der Waals surface area contributed by atoms with Crippen molar-refractivity contribution >= 4 is 28.5 Å². The van der Waals surface area contributed by atoms with E-state index in [0.29, 0.717) is 25.2 Å². The molecule has 0 atom stereocenters. The first-order valence-electron chi connectivity index (χ1n) is 11.1. The Kier molecular flexibility index (Phi) is 6.23. The third-order valence-corrected chi connectivity index (χ3v) is 5.62. The second-order valence-corrected chi connectivity index (χ2v) is 8.88. The van der Waals surface area contributed by atoms with Crippen molar-refractivity contribution in [2.24, 2.45) is 0 Å². The fraction of sp³-hybridized carbons (Fsp3) is 0.417. The number of nitrogens with one attached hydrogen (secondary N) is 2. The number of nitrogens with zero attached hydrogens (tertiary/aromatic N) is 4. The van der Waals surface area contributed by atoms with Gasteiger partial charge in [-0.15, -0.1) is 0 Å². The molecule has 1 aliphatic heterocycles. The van der Waals surface area contributed by atoms with E-state index in [4.69, 9.17) is 4.98 Å². The normalized spacial score (nSPS) is 14.9. The summed E-state index contributed by atoms with van der Waals surface area (Å²) in [6.45, 7) is 10.8. The molecule has 3 heterocycles. The van der Waals surface area contributed by atoms with Crippen molar-refractivity contribution in [3.05, 3.63) is 53.3 Å². The number of hydrogen-bond donors (Lipinski definition) is 2. The number of anilines is 1. The van der Waals surface area contributed by atoms with Gasteiger partial charge in [0.05, 0.1) is 23.7 Å². The maximum atomic E-state index is 13.3. The standard InChI is InChI=1S/C24H30N6O2/c1-15(2)21-11-19(20-12-26-30(16(3)4)23(20)28-21)24(32)27-18-7-5-6-17(10-18)13-29-9-8-25-22(31)14-29/h5-7,10-12,15-16H,8-9,13-14H2,1-4H3,(H,25,31)(H,27,32). The van der Waals surface area contributed by atoms with Crippen molar-refractivity contribution in [2.45, 2.75) is 46.2 Å². The first kappa shape index (κ1) is 22.0. The number of benzene rings is 1. The summed E-state index contributed by atoms with van der Waals surface area (Å²) in [7, 11) is 0. The van der Waals surface area contributed by atoms with E-state index in [1.54, 1.807) is 6.20 Å². The Hall–Kier alpha value is -3.26. The van der Waals surface area contributed by atoms with E-state index in [-0.39, 0.29) is 23.8 Å². The molecule has 0 unspecified atom stereocenters. The summed E-state index contributed by atoms with van der Waals surface area (Å²) in [5.74, 6) is 0.0500. The van der Waals surface area contributed by atoms with E-state index in [1.807, 2.05) is 48.9 Å². The molecule has 0 spiro atoms. The Balaban J connectivity index is 1.59. The van der Waals surface area contributed by atoms with Crippen molar-refractivity contribution in [3.63, 3.8) is 0 Å². The Morgan fingerprint density at radius 3 is 2.75 bits per heavy atom. The molecule has 1 aliphatic rings. The third kappa shape index (κ3) is 4.65. The van der Waals surface area contributed by atoms with Gasteiger partial charge in [-0.05, 0) is 43.5 Å². The van der Waals surface area contributed by atoms with E-state index in [9.17, 15) is 9.59 Å². The summed E-state index contributed by atoms with van der Waals surface area (Å²) in [6, 6.07) is 9.79. The molecule has 1 fully saturated rings. The molecule has 2 aromatic heterocycles. The van der Waals surface area contributed by atoms with E-state index < -0.39 is 0 Å². The lowest BCUT2D eigenvalue weighted by Gasteiger charge is -2.26. The van der Waals surface area contributed by atoms with Gasteiger partial charge in [-0.25, -0.2) is 9.67 Å². The zero-order valence-electron chi connectivity index (χ0n) is 19.1. The van der Waals surface area contributed by atoms with Crippen LogP contribution in [0.25, 0.3) is 11.0 Å². The minimum absolute atomic E-state index is 0.0466. The number of piperazine rings is 1. The first-order valence-corrected chi connectivity index (χ1v) is 11.1. The van der Waals surface area contributed by atoms with Crippen LogP contribution in [0.3, 0.4) is 0 Å². The summed E-state index contributed by atoms with van der Waals surface area (Å²) in [5, 5.41) is 11.1. The SMILES string of the molecule is CC(C)c1cc(C(=O)Nc2cccc(CN3CCNC(=O)C3)c2)c2cnn(C(C)C)c2n1. The van der Waals surface area contributed by atoms with Crippen LogP contribution in [0.15, 0.2) is 36.5 Å². The molecule has 8 heteroatoms. The molecule has 3 aromatic rings. The number of pyridine rings is 1. The smallest absolute Gasteiger partial charge is 0.256 e. The molecule has 2 amide bonds. The Labute approximate surface area is 188 Å². The highest BCUT2D eigenvalue weighted by Crippen LogP contribution is 2.25. The van der Waals surface area contributed by atoms with Gasteiger partial charge in [-0.3, -0.25) is 14.5 Å². The average Bonchev–Trinajstić information content (AvgIpc) is 3.17. The quantitative estimate of drug-likeness (QED) is 0.621. The molecule has 32 heavy (non-hydrogen) atoms. The molecular formula is C24H30N6O2. The van der Waals surface area contributed by atoms with Crippen LogP contribution in [0.4, 0.5) is 5.69 Å². The zero-order chi connectivity index (χ0) is 22.8. The maximum absolute atomic E-state index is 13.3. The predicted octanol–water partition coefficient (Wildman–Crippen LogP) is 3.32. The van der Waals surface area contributed by atoms with Gasteiger partial charge >= 0.3 is 0 Å². The van der Waals surface area contributed by atoms with Gasteiger partial charge in [0.25, 0.3) is 5.91 Å². The molecule has 1 aromatic carbocycles. The highest BCUT2D eigenvalue weighted by atomic mass is 16.2. The summed E-state index contributed by atoms with van der Waals surface area (Å²) in [6.07, 6.45) is 1.72. The van der Waals surface area contributed by atoms with E-state index in [0.717, 1.165) is 34.5 Å². The van der Waals surface area contributed by atoms with Crippen LogP contribution in [-0.2, 0) is 11.3 Å². The minimum atomic E-state index is -0.183. The monoisotopic (exact) mass is 434 g/mol. The van der Waals surface area contributed by atoms with Crippen LogP contribution in [0.1, 0.15) is 61.3 Å². The molecule has 0 aliphatic carbocycles. The van der Waals surface area contributed by atoms with Crippen LogP contribution in [0.5, 0.6) is 0 Å². The fourth-order valence-electron chi connectivity index (χ4n) is 3.93. The van der Waals surface area contributed by atoms with Gasteiger partial charge in [0.2, 0.25) is 5.91 Å². The highest BCUT2D eigenvalue weighted by Gasteiger charge is 2.20. The van der Waals surface area contributed by atoms with Crippen LogP contribution in [-0.4, -0.2) is 51.1 Å². The maximum Gasteiger partial charge on any atom is 0.256 e. The lowest BCUT2D eigenvalue weighted by atomic mass is 10.0. The number of carbonyl (C=O) groups excluding carboxylic acids is 2. The van der Waals surface area contributed by atoms with E-state index >= 15 is 0 Å². The van der Waals surface area contributed by atoms with Crippen molar-refractivity contribution in [1.29, 1.82) is 0 Å². The molecule has 0 radical (unpaired) electrons. The number of hydrogen-bond acceptors (Lipinski definition) is 5. The largest absolute Gasteiger partial charge is 0.354 e. The van der Waals surface area contributed by atoms with E-state index in [2.05, 4.69) is 34.5 Å². The van der Waals surface area contributed by atoms with Gasteiger partial charge in [0.1, 0.15) is 0 Å². The number of amides is 2. The number of fused-ring (bicyclic) bond motifs is 1. The lowest BCUT2D eigenvalue weighted by molar-refractivity contribution is -0.124. The summed E-state index contributed by atoms with van der Waals surface area (Å²) >= 11 is 0. The summed E-state index contributed by atoms with van der Waals surface area (Å²) in [5.41, 5.74) is 3.94. The predicted molar refractivity (Wildman–Crippen MR) is 125 cm³/mol. The highest BCUT2D eigenvalue weighted by molar-refractivity contribution is 6.12. The molecule has 0 saturated carbocycles. The van der Waals surface area contributed by atoms with Gasteiger partial charge in [-0.1, -0.05) is 26.0 Å². The molecule has 168 valence electrons. The fourth-order valence-corrected chi connectivity index (χ4v) is 3.93. The van der Waals surface area contributed by atoms with Crippen LogP contribution in [0, 0.1) is 0 Å². The summed E-state index contributed by atoms with van der Waals surface area (Å²) in [4.78, 5) is 31.8. The Bertz CT molecular complexity index is 1150. The van der Waals surface area contributed by atoms with Gasteiger partial charge in [-0.2, -0.15) is 5.10 Å².